The van der Waals surface area contributed by atoms with Crippen molar-refractivity contribution in [2.75, 3.05) is 7.11 Å². The van der Waals surface area contributed by atoms with Crippen molar-refractivity contribution in [1.29, 1.82) is 0 Å². The molecule has 0 heterocycles. The number of aromatic hydroxyl groups is 1. The molecule has 7 heteroatoms. The summed E-state index contributed by atoms with van der Waals surface area (Å²) in [6, 6.07) is 22.1. The normalized spacial score (nSPS) is 11.6. The minimum Gasteiger partial charge on any atom is -0.507 e. The Balaban J connectivity index is 1.74. The minimum atomic E-state index is -0.438. The second-order valence-electron chi connectivity index (χ2n) is 6.27. The molecular weight excluding hydrogens is 398 g/mol. The van der Waals surface area contributed by atoms with Crippen LogP contribution in [0, 0.1) is 0 Å². The van der Waals surface area contributed by atoms with E-state index in [1.165, 1.54) is 25.1 Å². The number of nitrogens with two attached hydrogens (primary N) is 1. The molecule has 30 heavy (non-hydrogen) atoms. The van der Waals surface area contributed by atoms with Gasteiger partial charge in [-0.2, -0.15) is 5.10 Å². The van der Waals surface area contributed by atoms with Gasteiger partial charge in [0.2, 0.25) is 0 Å². The fourth-order valence-electron chi connectivity index (χ4n) is 2.74. The molecule has 3 rings (SSSR count). The molecule has 0 fully saturated rings. The fourth-order valence-corrected chi connectivity index (χ4v) is 3.35. The maximum atomic E-state index is 11.8. The first-order valence-electron chi connectivity index (χ1n) is 9.12. The molecular formula is C23H21N3O3S. The van der Waals surface area contributed by atoms with Crippen LogP contribution in [0.15, 0.2) is 83.0 Å². The third-order valence-electron chi connectivity index (χ3n) is 4.24. The smallest absolute Gasteiger partial charge is 0.337 e. The lowest BCUT2D eigenvalue weighted by Gasteiger charge is -2.08. The highest BCUT2D eigenvalue weighted by atomic mass is 32.2. The lowest BCUT2D eigenvalue weighted by atomic mass is 10.00. The van der Waals surface area contributed by atoms with Gasteiger partial charge in [-0.25, -0.2) is 4.79 Å². The summed E-state index contributed by atoms with van der Waals surface area (Å²) >= 11 is 1.38. The van der Waals surface area contributed by atoms with E-state index in [1.54, 1.807) is 42.5 Å². The van der Waals surface area contributed by atoms with Crippen molar-refractivity contribution in [2.45, 2.75) is 5.75 Å². The van der Waals surface area contributed by atoms with Crippen LogP contribution in [0.3, 0.4) is 0 Å². The zero-order valence-corrected chi connectivity index (χ0v) is 17.2. The molecule has 6 nitrogen and oxygen atoms in total. The molecule has 0 atom stereocenters. The monoisotopic (exact) mass is 419 g/mol. The number of rotatable bonds is 6. The van der Waals surface area contributed by atoms with Crippen LogP contribution in [0.1, 0.15) is 21.5 Å². The number of hydrogen-bond donors (Lipinski definition) is 2. The van der Waals surface area contributed by atoms with Crippen molar-refractivity contribution in [3.8, 4) is 16.9 Å². The lowest BCUT2D eigenvalue weighted by molar-refractivity contribution is 0.0601. The van der Waals surface area contributed by atoms with E-state index in [9.17, 15) is 9.90 Å². The molecule has 3 aromatic rings. The number of para-hydroxylation sites is 1. The summed E-state index contributed by atoms with van der Waals surface area (Å²) in [6.07, 6.45) is 1.44. The van der Waals surface area contributed by atoms with Crippen LogP contribution in [0.5, 0.6) is 5.75 Å². The number of thioether (sulfide) groups is 1. The number of amidine groups is 1. The Morgan fingerprint density at radius 2 is 1.87 bits per heavy atom. The van der Waals surface area contributed by atoms with Crippen molar-refractivity contribution in [2.24, 2.45) is 15.9 Å². The van der Waals surface area contributed by atoms with E-state index >= 15 is 0 Å². The summed E-state index contributed by atoms with van der Waals surface area (Å²) in [4.78, 5) is 11.8. The van der Waals surface area contributed by atoms with Gasteiger partial charge in [-0.15, -0.1) is 5.10 Å². The number of hydrogen-bond acceptors (Lipinski definition) is 6. The molecule has 0 bridgehead atoms. The van der Waals surface area contributed by atoms with Crippen LogP contribution in [0.4, 0.5) is 0 Å². The van der Waals surface area contributed by atoms with Crippen LogP contribution in [-0.2, 0) is 10.5 Å². The van der Waals surface area contributed by atoms with Gasteiger partial charge in [0, 0.05) is 16.9 Å². The molecule has 0 amide bonds. The van der Waals surface area contributed by atoms with Gasteiger partial charge in [-0.3, -0.25) is 0 Å². The first-order valence-corrected chi connectivity index (χ1v) is 10.1. The standard InChI is InChI=1S/C23H21N3O3S/c1-29-22(28)18-10-5-9-17(13-18)20-12-6-11-19(21(20)27)14-25-26-23(24)30-15-16-7-3-2-4-8-16/h2-14,27H,15H2,1H3,(H2,24,26). The number of benzene rings is 3. The predicted molar refractivity (Wildman–Crippen MR) is 122 cm³/mol. The first-order chi connectivity index (χ1) is 14.6. The van der Waals surface area contributed by atoms with E-state index in [0.717, 1.165) is 5.56 Å². The van der Waals surface area contributed by atoms with E-state index in [4.69, 9.17) is 10.5 Å². The quantitative estimate of drug-likeness (QED) is 0.267. The van der Waals surface area contributed by atoms with Crippen molar-refractivity contribution < 1.29 is 14.6 Å². The highest BCUT2D eigenvalue weighted by molar-refractivity contribution is 8.13. The van der Waals surface area contributed by atoms with Gasteiger partial charge in [0.05, 0.1) is 18.9 Å². The number of phenolic OH excluding ortho intramolecular Hbond substituents is 1. The van der Waals surface area contributed by atoms with Gasteiger partial charge in [0.1, 0.15) is 5.75 Å². The van der Waals surface area contributed by atoms with E-state index in [2.05, 4.69) is 10.2 Å². The van der Waals surface area contributed by atoms with Gasteiger partial charge in [-0.05, 0) is 29.3 Å². The average molecular weight is 420 g/mol. The van der Waals surface area contributed by atoms with E-state index in [-0.39, 0.29) is 5.75 Å². The topological polar surface area (TPSA) is 97.3 Å². The molecule has 0 spiro atoms. The first kappa shape index (κ1) is 21.1. The van der Waals surface area contributed by atoms with Crippen molar-refractivity contribution in [3.63, 3.8) is 0 Å². The Kier molecular flexibility index (Phi) is 7.24. The summed E-state index contributed by atoms with van der Waals surface area (Å²) in [5.74, 6) is 0.295. The molecule has 0 aromatic heterocycles. The number of nitrogens with zero attached hydrogens (tertiary/aromatic N) is 2. The molecule has 0 saturated carbocycles. The zero-order valence-electron chi connectivity index (χ0n) is 16.4. The maximum Gasteiger partial charge on any atom is 0.337 e. The molecule has 0 saturated heterocycles. The molecule has 0 aliphatic rings. The lowest BCUT2D eigenvalue weighted by Crippen LogP contribution is -2.06. The molecule has 152 valence electrons. The SMILES string of the molecule is COC(=O)c1cccc(-c2cccc(C=NN=C(N)SCc3ccccc3)c2O)c1. The summed E-state index contributed by atoms with van der Waals surface area (Å²) in [7, 11) is 1.33. The number of esters is 1. The van der Waals surface area contributed by atoms with Gasteiger partial charge in [-0.1, -0.05) is 66.4 Å². The number of methoxy groups -OCH3 is 1. The Bertz CT molecular complexity index is 1080. The predicted octanol–water partition coefficient (Wildman–Crippen LogP) is 4.43. The van der Waals surface area contributed by atoms with Crippen LogP contribution < -0.4 is 5.73 Å². The summed E-state index contributed by atoms with van der Waals surface area (Å²) in [5, 5.41) is 19.0. The highest BCUT2D eigenvalue weighted by Crippen LogP contribution is 2.32. The van der Waals surface area contributed by atoms with Crippen LogP contribution in [0.2, 0.25) is 0 Å². The Hall–Kier alpha value is -3.58. The molecule has 3 N–H and O–H groups in total. The number of phenols is 1. The van der Waals surface area contributed by atoms with Crippen LogP contribution in [-0.4, -0.2) is 29.6 Å². The molecule has 3 aromatic carbocycles. The molecule has 0 unspecified atom stereocenters. The van der Waals surface area contributed by atoms with Gasteiger partial charge >= 0.3 is 5.97 Å². The second kappa shape index (κ2) is 10.3. The fraction of sp³-hybridized carbons (Fsp3) is 0.0870. The Morgan fingerprint density at radius 1 is 1.10 bits per heavy atom. The molecule has 0 aliphatic carbocycles. The third kappa shape index (κ3) is 5.48. The number of carbonyl (C=O) groups excluding carboxylic acids is 1. The number of ether oxygens (including phenoxy) is 1. The zero-order chi connectivity index (χ0) is 21.3. The Morgan fingerprint density at radius 3 is 2.63 bits per heavy atom. The largest absolute Gasteiger partial charge is 0.507 e. The third-order valence-corrected chi connectivity index (χ3v) is 5.10. The summed E-state index contributed by atoms with van der Waals surface area (Å²) < 4.78 is 4.75. The van der Waals surface area contributed by atoms with E-state index < -0.39 is 5.97 Å². The summed E-state index contributed by atoms with van der Waals surface area (Å²) in [5.41, 5.74) is 9.19. The van der Waals surface area contributed by atoms with Crippen LogP contribution >= 0.6 is 11.8 Å². The second-order valence-corrected chi connectivity index (χ2v) is 7.27. The Labute approximate surface area is 179 Å². The van der Waals surface area contributed by atoms with E-state index in [0.29, 0.717) is 33.2 Å². The molecule has 0 aliphatic heterocycles. The van der Waals surface area contributed by atoms with Gasteiger partial charge in [0.25, 0.3) is 0 Å². The van der Waals surface area contributed by atoms with Crippen molar-refractivity contribution >= 4 is 29.1 Å². The van der Waals surface area contributed by atoms with Gasteiger partial charge < -0.3 is 15.6 Å². The maximum absolute atomic E-state index is 11.8. The number of carbonyl (C=O) groups is 1. The summed E-state index contributed by atoms with van der Waals surface area (Å²) in [6.45, 7) is 0. The molecule has 0 radical (unpaired) electrons. The average Bonchev–Trinajstić information content (AvgIpc) is 2.79. The van der Waals surface area contributed by atoms with Crippen molar-refractivity contribution in [3.05, 3.63) is 89.5 Å². The van der Waals surface area contributed by atoms with Gasteiger partial charge in [0.15, 0.2) is 5.17 Å². The van der Waals surface area contributed by atoms with E-state index in [1.807, 2.05) is 30.3 Å². The highest BCUT2D eigenvalue weighted by Gasteiger charge is 2.11. The van der Waals surface area contributed by atoms with Crippen LogP contribution in [0.25, 0.3) is 11.1 Å². The minimum absolute atomic E-state index is 0.0361. The van der Waals surface area contributed by atoms with Crippen molar-refractivity contribution in [1.82, 2.24) is 0 Å².